The SMILES string of the molecule is C=C(CN=C=O)C1CCCS(=O)(=O)C1. The van der Waals surface area contributed by atoms with E-state index in [-0.39, 0.29) is 24.0 Å². The minimum Gasteiger partial charge on any atom is -0.229 e. The summed E-state index contributed by atoms with van der Waals surface area (Å²) in [7, 11) is -2.90. The molecule has 5 heteroatoms. The minimum atomic E-state index is -2.90. The van der Waals surface area contributed by atoms with Gasteiger partial charge < -0.3 is 0 Å². The van der Waals surface area contributed by atoms with E-state index in [2.05, 4.69) is 11.6 Å². The highest BCUT2D eigenvalue weighted by Crippen LogP contribution is 2.24. The van der Waals surface area contributed by atoms with E-state index >= 15 is 0 Å². The number of nitrogens with zero attached hydrogens (tertiary/aromatic N) is 1. The normalized spacial score (nSPS) is 25.0. The lowest BCUT2D eigenvalue weighted by atomic mass is 9.97. The fourth-order valence-corrected chi connectivity index (χ4v) is 3.40. The first-order chi connectivity index (χ1) is 6.55. The number of carbonyl (C=O) groups excluding carboxylic acids is 1. The molecule has 0 saturated carbocycles. The molecule has 1 saturated heterocycles. The molecule has 0 aromatic carbocycles. The van der Waals surface area contributed by atoms with Crippen molar-refractivity contribution >= 4 is 15.9 Å². The highest BCUT2D eigenvalue weighted by atomic mass is 32.2. The van der Waals surface area contributed by atoms with Crippen molar-refractivity contribution in [1.29, 1.82) is 0 Å². The van der Waals surface area contributed by atoms with Crippen molar-refractivity contribution in [3.05, 3.63) is 12.2 Å². The Hall–Kier alpha value is -0.930. The van der Waals surface area contributed by atoms with Crippen molar-refractivity contribution in [2.75, 3.05) is 18.1 Å². The van der Waals surface area contributed by atoms with Gasteiger partial charge in [0.1, 0.15) is 0 Å². The molecule has 0 amide bonds. The van der Waals surface area contributed by atoms with Crippen LogP contribution in [0.15, 0.2) is 17.1 Å². The summed E-state index contributed by atoms with van der Waals surface area (Å²) in [5, 5.41) is 0. The lowest BCUT2D eigenvalue weighted by molar-refractivity contribution is 0.526. The van der Waals surface area contributed by atoms with Crippen molar-refractivity contribution in [3.8, 4) is 0 Å². The standard InChI is InChI=1S/C9H13NO3S/c1-8(5-10-7-11)9-3-2-4-14(12,13)6-9/h9H,1-6H2. The van der Waals surface area contributed by atoms with E-state index in [9.17, 15) is 13.2 Å². The van der Waals surface area contributed by atoms with Gasteiger partial charge in [-0.3, -0.25) is 0 Å². The Kier molecular flexibility index (Phi) is 3.61. The molecule has 1 unspecified atom stereocenters. The zero-order valence-electron chi connectivity index (χ0n) is 7.90. The number of hydrogen-bond donors (Lipinski definition) is 0. The molecule has 1 atom stereocenters. The maximum atomic E-state index is 11.3. The summed E-state index contributed by atoms with van der Waals surface area (Å²) in [5.74, 6) is 0.388. The molecule has 0 N–H and O–H groups in total. The van der Waals surface area contributed by atoms with Crippen LogP contribution in [0.4, 0.5) is 0 Å². The highest BCUT2D eigenvalue weighted by molar-refractivity contribution is 7.91. The van der Waals surface area contributed by atoms with Gasteiger partial charge in [0, 0.05) is 0 Å². The van der Waals surface area contributed by atoms with Crippen LogP contribution in [0.1, 0.15) is 12.8 Å². The zero-order valence-corrected chi connectivity index (χ0v) is 8.72. The van der Waals surface area contributed by atoms with Crippen LogP contribution in [0.3, 0.4) is 0 Å². The van der Waals surface area contributed by atoms with Gasteiger partial charge in [-0.05, 0) is 18.8 Å². The largest absolute Gasteiger partial charge is 0.235 e. The van der Waals surface area contributed by atoms with Crippen LogP contribution in [0, 0.1) is 5.92 Å². The Balaban J connectivity index is 2.60. The van der Waals surface area contributed by atoms with Crippen LogP contribution in [-0.2, 0) is 14.6 Å². The Bertz CT molecular complexity index is 366. The average molecular weight is 215 g/mol. The smallest absolute Gasteiger partial charge is 0.229 e. The van der Waals surface area contributed by atoms with Crippen molar-refractivity contribution in [2.24, 2.45) is 10.9 Å². The molecule has 0 spiro atoms. The molecule has 1 rings (SSSR count). The minimum absolute atomic E-state index is 0.0363. The fourth-order valence-electron chi connectivity index (χ4n) is 1.61. The lowest BCUT2D eigenvalue weighted by Crippen LogP contribution is -2.26. The number of isocyanates is 1. The van der Waals surface area contributed by atoms with Gasteiger partial charge in [-0.25, -0.2) is 18.2 Å². The van der Waals surface area contributed by atoms with Gasteiger partial charge in [0.2, 0.25) is 6.08 Å². The molecule has 0 aromatic heterocycles. The molecule has 4 nitrogen and oxygen atoms in total. The van der Waals surface area contributed by atoms with Crippen LogP contribution in [0.25, 0.3) is 0 Å². The third kappa shape index (κ3) is 3.09. The first kappa shape index (κ1) is 11.1. The van der Waals surface area contributed by atoms with Gasteiger partial charge >= 0.3 is 0 Å². The van der Waals surface area contributed by atoms with E-state index in [0.717, 1.165) is 12.0 Å². The maximum absolute atomic E-state index is 11.3. The van der Waals surface area contributed by atoms with E-state index in [1.807, 2.05) is 0 Å². The van der Waals surface area contributed by atoms with Crippen LogP contribution < -0.4 is 0 Å². The lowest BCUT2D eigenvalue weighted by Gasteiger charge is -2.22. The summed E-state index contributed by atoms with van der Waals surface area (Å²) in [6.45, 7) is 3.94. The molecular weight excluding hydrogens is 202 g/mol. The average Bonchev–Trinajstić information content (AvgIpc) is 2.12. The Morgan fingerprint density at radius 1 is 1.57 bits per heavy atom. The zero-order chi connectivity index (χ0) is 10.6. The summed E-state index contributed by atoms with van der Waals surface area (Å²) < 4.78 is 22.6. The molecule has 1 heterocycles. The van der Waals surface area contributed by atoms with Crippen molar-refractivity contribution in [1.82, 2.24) is 0 Å². The predicted octanol–water partition coefficient (Wildman–Crippen LogP) is 0.703. The monoisotopic (exact) mass is 215 g/mol. The van der Waals surface area contributed by atoms with Crippen LogP contribution >= 0.6 is 0 Å². The molecule has 0 bridgehead atoms. The number of aliphatic imine (C=N–C) groups is 1. The van der Waals surface area contributed by atoms with E-state index in [1.165, 1.54) is 6.08 Å². The van der Waals surface area contributed by atoms with E-state index < -0.39 is 9.84 Å². The first-order valence-electron chi connectivity index (χ1n) is 4.47. The second-order valence-corrected chi connectivity index (χ2v) is 5.75. The summed E-state index contributed by atoms with van der Waals surface area (Å²) in [5.41, 5.74) is 0.719. The molecule has 14 heavy (non-hydrogen) atoms. The highest BCUT2D eigenvalue weighted by Gasteiger charge is 2.26. The summed E-state index contributed by atoms with van der Waals surface area (Å²) in [4.78, 5) is 13.3. The Labute approximate surface area is 83.6 Å². The quantitative estimate of drug-likeness (QED) is 0.395. The molecule has 0 aromatic rings. The number of sulfone groups is 1. The molecule has 1 aliphatic heterocycles. The third-order valence-corrected chi connectivity index (χ3v) is 4.21. The van der Waals surface area contributed by atoms with E-state index in [4.69, 9.17) is 0 Å². The van der Waals surface area contributed by atoms with Crippen LogP contribution in [0.5, 0.6) is 0 Å². The van der Waals surface area contributed by atoms with Gasteiger partial charge in [-0.1, -0.05) is 12.2 Å². The van der Waals surface area contributed by atoms with Crippen LogP contribution in [0.2, 0.25) is 0 Å². The molecule has 1 aliphatic rings. The number of rotatable bonds is 3. The first-order valence-corrected chi connectivity index (χ1v) is 6.29. The fraction of sp³-hybridized carbons (Fsp3) is 0.667. The summed E-state index contributed by atoms with van der Waals surface area (Å²) in [6, 6.07) is 0. The van der Waals surface area contributed by atoms with Crippen LogP contribution in [-0.4, -0.2) is 32.5 Å². The third-order valence-electron chi connectivity index (χ3n) is 2.39. The topological polar surface area (TPSA) is 63.6 Å². The van der Waals surface area contributed by atoms with Gasteiger partial charge in [-0.15, -0.1) is 0 Å². The Morgan fingerprint density at radius 2 is 2.29 bits per heavy atom. The van der Waals surface area contributed by atoms with E-state index in [1.54, 1.807) is 0 Å². The van der Waals surface area contributed by atoms with Gasteiger partial charge in [-0.2, -0.15) is 0 Å². The predicted molar refractivity (Wildman–Crippen MR) is 53.5 cm³/mol. The Morgan fingerprint density at radius 3 is 2.86 bits per heavy atom. The number of hydrogen-bond acceptors (Lipinski definition) is 4. The van der Waals surface area contributed by atoms with Crippen molar-refractivity contribution in [3.63, 3.8) is 0 Å². The molecule has 0 radical (unpaired) electrons. The molecule has 78 valence electrons. The second kappa shape index (κ2) is 4.53. The van der Waals surface area contributed by atoms with Gasteiger partial charge in [0.05, 0.1) is 18.1 Å². The molecule has 0 aliphatic carbocycles. The van der Waals surface area contributed by atoms with Gasteiger partial charge in [0.15, 0.2) is 9.84 Å². The van der Waals surface area contributed by atoms with Crippen molar-refractivity contribution < 1.29 is 13.2 Å². The summed E-state index contributed by atoms with van der Waals surface area (Å²) in [6.07, 6.45) is 2.93. The van der Waals surface area contributed by atoms with Gasteiger partial charge in [0.25, 0.3) is 0 Å². The maximum Gasteiger partial charge on any atom is 0.235 e. The van der Waals surface area contributed by atoms with Crippen molar-refractivity contribution in [2.45, 2.75) is 12.8 Å². The summed E-state index contributed by atoms with van der Waals surface area (Å²) >= 11 is 0. The molecular formula is C9H13NO3S. The van der Waals surface area contributed by atoms with E-state index in [0.29, 0.717) is 6.42 Å². The second-order valence-electron chi connectivity index (χ2n) is 3.52. The molecule has 1 fully saturated rings.